The quantitative estimate of drug-likeness (QED) is 0.742. The molecular formula is C18H14FNO3S. The van der Waals surface area contributed by atoms with Crippen molar-refractivity contribution in [1.82, 2.24) is 0 Å². The van der Waals surface area contributed by atoms with Gasteiger partial charge in [-0.15, -0.1) is 0 Å². The zero-order valence-electron chi connectivity index (χ0n) is 12.8. The van der Waals surface area contributed by atoms with Gasteiger partial charge in [0.1, 0.15) is 5.82 Å². The Kier molecular flexibility index (Phi) is 3.95. The second-order valence-electron chi connectivity index (χ2n) is 5.52. The van der Waals surface area contributed by atoms with Gasteiger partial charge in [-0.2, -0.15) is 0 Å². The molecule has 3 rings (SSSR count). The van der Waals surface area contributed by atoms with Crippen LogP contribution in [-0.2, 0) is 10.0 Å². The third kappa shape index (κ3) is 2.93. The van der Waals surface area contributed by atoms with Crippen molar-refractivity contribution >= 4 is 26.6 Å². The minimum Gasteiger partial charge on any atom is -0.289 e. The lowest BCUT2D eigenvalue weighted by molar-refractivity contribution is 0.103. The van der Waals surface area contributed by atoms with E-state index in [-0.39, 0.29) is 10.7 Å². The fourth-order valence-corrected chi connectivity index (χ4v) is 3.19. The van der Waals surface area contributed by atoms with Crippen molar-refractivity contribution in [3.63, 3.8) is 0 Å². The Labute approximate surface area is 138 Å². The molecule has 0 aromatic heterocycles. The molecule has 2 N–H and O–H groups in total. The number of carbonyl (C=O) groups is 1. The third-order valence-electron chi connectivity index (χ3n) is 3.86. The van der Waals surface area contributed by atoms with E-state index in [4.69, 9.17) is 5.14 Å². The summed E-state index contributed by atoms with van der Waals surface area (Å²) in [6.45, 7) is 1.80. The average molecular weight is 343 g/mol. The van der Waals surface area contributed by atoms with Gasteiger partial charge in [0.15, 0.2) is 5.78 Å². The van der Waals surface area contributed by atoms with E-state index in [0.717, 1.165) is 5.56 Å². The summed E-state index contributed by atoms with van der Waals surface area (Å²) in [5.74, 6) is -0.666. The third-order valence-corrected chi connectivity index (χ3v) is 4.77. The Morgan fingerprint density at radius 1 is 1.00 bits per heavy atom. The summed E-state index contributed by atoms with van der Waals surface area (Å²) in [6, 6.07) is 13.2. The number of rotatable bonds is 3. The highest BCUT2D eigenvalue weighted by Crippen LogP contribution is 2.27. The topological polar surface area (TPSA) is 77.2 Å². The molecule has 122 valence electrons. The summed E-state index contributed by atoms with van der Waals surface area (Å²) >= 11 is 0. The van der Waals surface area contributed by atoms with E-state index in [1.807, 2.05) is 0 Å². The van der Waals surface area contributed by atoms with Crippen LogP contribution < -0.4 is 5.14 Å². The number of hydrogen-bond donors (Lipinski definition) is 1. The molecule has 0 aliphatic rings. The van der Waals surface area contributed by atoms with Gasteiger partial charge in [-0.3, -0.25) is 4.79 Å². The molecule has 0 bridgehead atoms. The van der Waals surface area contributed by atoms with Gasteiger partial charge >= 0.3 is 0 Å². The van der Waals surface area contributed by atoms with Crippen molar-refractivity contribution in [2.75, 3.05) is 0 Å². The number of aryl methyl sites for hydroxylation is 1. The molecule has 0 unspecified atom stereocenters. The van der Waals surface area contributed by atoms with E-state index >= 15 is 0 Å². The van der Waals surface area contributed by atoms with Crippen molar-refractivity contribution < 1.29 is 17.6 Å². The maximum Gasteiger partial charge on any atom is 0.238 e. The molecule has 3 aromatic rings. The Hall–Kier alpha value is -2.57. The van der Waals surface area contributed by atoms with Crippen molar-refractivity contribution in [3.8, 4) is 0 Å². The first-order valence-electron chi connectivity index (χ1n) is 7.14. The molecule has 0 aliphatic heterocycles. The number of carbonyl (C=O) groups excluding carboxylic acids is 1. The van der Waals surface area contributed by atoms with E-state index < -0.39 is 15.8 Å². The zero-order valence-corrected chi connectivity index (χ0v) is 13.6. The van der Waals surface area contributed by atoms with Crippen LogP contribution in [0, 0.1) is 12.7 Å². The highest BCUT2D eigenvalue weighted by atomic mass is 32.2. The molecule has 0 amide bonds. The molecule has 0 heterocycles. The number of benzene rings is 3. The number of hydrogen-bond acceptors (Lipinski definition) is 3. The van der Waals surface area contributed by atoms with Gasteiger partial charge in [0, 0.05) is 11.1 Å². The maximum atomic E-state index is 13.1. The molecule has 24 heavy (non-hydrogen) atoms. The molecule has 0 fully saturated rings. The molecule has 3 aromatic carbocycles. The molecule has 0 saturated heterocycles. The Morgan fingerprint density at radius 2 is 1.67 bits per heavy atom. The average Bonchev–Trinajstić information content (AvgIpc) is 2.53. The lowest BCUT2D eigenvalue weighted by atomic mass is 9.93. The largest absolute Gasteiger partial charge is 0.289 e. The van der Waals surface area contributed by atoms with Crippen LogP contribution in [0.15, 0.2) is 59.5 Å². The van der Waals surface area contributed by atoms with Crippen LogP contribution in [0.25, 0.3) is 10.8 Å². The fraction of sp³-hybridized carbons (Fsp3) is 0.0556. The second-order valence-corrected chi connectivity index (χ2v) is 7.08. The second kappa shape index (κ2) is 5.81. The summed E-state index contributed by atoms with van der Waals surface area (Å²) in [4.78, 5) is 12.8. The van der Waals surface area contributed by atoms with Gasteiger partial charge in [-0.05, 0) is 59.7 Å². The molecule has 6 heteroatoms. The summed E-state index contributed by atoms with van der Waals surface area (Å²) < 4.78 is 36.0. The number of ketones is 1. The van der Waals surface area contributed by atoms with Gasteiger partial charge in [-0.1, -0.05) is 18.2 Å². The predicted octanol–water partition coefficient (Wildman–Crippen LogP) is 3.17. The molecule has 0 aliphatic carbocycles. The van der Waals surface area contributed by atoms with Crippen molar-refractivity contribution in [3.05, 3.63) is 77.1 Å². The van der Waals surface area contributed by atoms with Crippen LogP contribution in [0.5, 0.6) is 0 Å². The van der Waals surface area contributed by atoms with Gasteiger partial charge in [-0.25, -0.2) is 17.9 Å². The smallest absolute Gasteiger partial charge is 0.238 e. The first-order valence-corrected chi connectivity index (χ1v) is 8.68. The molecule has 0 spiro atoms. The molecule has 4 nitrogen and oxygen atoms in total. The molecule has 0 saturated carbocycles. The van der Waals surface area contributed by atoms with Gasteiger partial charge in [0.05, 0.1) is 4.90 Å². The zero-order chi connectivity index (χ0) is 17.5. The van der Waals surface area contributed by atoms with Gasteiger partial charge in [0.25, 0.3) is 0 Å². The monoisotopic (exact) mass is 343 g/mol. The Balaban J connectivity index is 2.22. The number of primary sulfonamides is 1. The highest BCUT2D eigenvalue weighted by Gasteiger charge is 2.17. The van der Waals surface area contributed by atoms with Crippen molar-refractivity contribution in [1.29, 1.82) is 0 Å². The summed E-state index contributed by atoms with van der Waals surface area (Å²) in [5.41, 5.74) is 1.57. The van der Waals surface area contributed by atoms with Crippen molar-refractivity contribution in [2.45, 2.75) is 11.8 Å². The van der Waals surface area contributed by atoms with E-state index in [0.29, 0.717) is 21.9 Å². The molecule has 0 atom stereocenters. The number of sulfonamides is 1. The summed E-state index contributed by atoms with van der Waals surface area (Å²) in [5, 5.41) is 6.37. The lowest BCUT2D eigenvalue weighted by Crippen LogP contribution is -2.12. The lowest BCUT2D eigenvalue weighted by Gasteiger charge is -2.11. The van der Waals surface area contributed by atoms with Crippen LogP contribution in [-0.4, -0.2) is 14.2 Å². The normalized spacial score (nSPS) is 11.6. The van der Waals surface area contributed by atoms with Gasteiger partial charge < -0.3 is 0 Å². The van der Waals surface area contributed by atoms with Crippen LogP contribution in [0.2, 0.25) is 0 Å². The first kappa shape index (κ1) is 16.3. The van der Waals surface area contributed by atoms with Crippen LogP contribution >= 0.6 is 0 Å². The number of fused-ring (bicyclic) bond motifs is 1. The first-order chi connectivity index (χ1) is 11.3. The minimum atomic E-state index is -3.82. The van der Waals surface area contributed by atoms with Crippen LogP contribution in [0.4, 0.5) is 4.39 Å². The number of halogens is 1. The minimum absolute atomic E-state index is 0.0148. The highest BCUT2D eigenvalue weighted by molar-refractivity contribution is 7.89. The van der Waals surface area contributed by atoms with Crippen LogP contribution in [0.1, 0.15) is 21.5 Å². The maximum absolute atomic E-state index is 13.1. The van der Waals surface area contributed by atoms with E-state index in [9.17, 15) is 17.6 Å². The Bertz CT molecular complexity index is 1060. The fourth-order valence-electron chi connectivity index (χ4n) is 2.64. The number of nitrogens with two attached hydrogens (primary N) is 1. The van der Waals surface area contributed by atoms with Crippen molar-refractivity contribution in [2.24, 2.45) is 5.14 Å². The molecular weight excluding hydrogens is 329 g/mol. The SMILES string of the molecule is Cc1ccc2cc(S(N)(=O)=O)ccc2c1C(=O)c1ccc(F)cc1. The predicted molar refractivity (Wildman–Crippen MR) is 89.9 cm³/mol. The van der Waals surface area contributed by atoms with E-state index in [2.05, 4.69) is 0 Å². The van der Waals surface area contributed by atoms with E-state index in [1.54, 1.807) is 25.1 Å². The van der Waals surface area contributed by atoms with E-state index in [1.165, 1.54) is 36.4 Å². The van der Waals surface area contributed by atoms with Gasteiger partial charge in [0.2, 0.25) is 10.0 Å². The van der Waals surface area contributed by atoms with Crippen LogP contribution in [0.3, 0.4) is 0 Å². The Morgan fingerprint density at radius 3 is 2.29 bits per heavy atom. The summed E-state index contributed by atoms with van der Waals surface area (Å²) in [7, 11) is -3.82. The standard InChI is InChI=1S/C18H14FNO3S/c1-11-2-3-13-10-15(24(20,22)23)8-9-16(13)17(11)18(21)12-4-6-14(19)7-5-12/h2-10H,1H3,(H2,20,22,23). The summed E-state index contributed by atoms with van der Waals surface area (Å²) in [6.07, 6.45) is 0. The molecule has 0 radical (unpaired) electrons.